The standard InChI is InChI=1S/C27H36FN3O4S/c1-27(2)26(21-10-8-20(9-11-21)19-31-15-13-30(3)14-16-31)36(33,34)29-25(35-27)18-22(12-17-32)23-6-4-5-7-24(23)28/h4-11,22,26,32H,12-19H2,1-3H3/t22-,26?/m1/s1. The Bertz CT molecular complexity index is 1180. The van der Waals surface area contributed by atoms with Crippen molar-refractivity contribution in [2.75, 3.05) is 39.8 Å². The second-order valence-electron chi connectivity index (χ2n) is 10.3. The number of hydrogen-bond donors (Lipinski definition) is 1. The number of hydrogen-bond acceptors (Lipinski definition) is 6. The average Bonchev–Trinajstić information content (AvgIpc) is 2.80. The molecular formula is C27H36FN3O4S. The lowest BCUT2D eigenvalue weighted by Crippen LogP contribution is -2.44. The second kappa shape index (κ2) is 11.0. The Morgan fingerprint density at radius 1 is 1.11 bits per heavy atom. The van der Waals surface area contributed by atoms with Crippen molar-refractivity contribution in [1.29, 1.82) is 0 Å². The fourth-order valence-electron chi connectivity index (χ4n) is 5.18. The van der Waals surface area contributed by atoms with Crippen molar-refractivity contribution in [3.05, 3.63) is 71.0 Å². The number of likely N-dealkylation sites (N-methyl/N-ethyl adjacent to an activating group) is 1. The Balaban J connectivity index is 1.53. The van der Waals surface area contributed by atoms with Crippen LogP contribution in [0.2, 0.25) is 0 Å². The zero-order valence-corrected chi connectivity index (χ0v) is 22.0. The van der Waals surface area contributed by atoms with Gasteiger partial charge in [0.1, 0.15) is 16.7 Å². The highest BCUT2D eigenvalue weighted by Gasteiger charge is 2.47. The molecule has 2 atom stereocenters. The van der Waals surface area contributed by atoms with Crippen LogP contribution in [-0.2, 0) is 21.3 Å². The van der Waals surface area contributed by atoms with Gasteiger partial charge in [0.05, 0.1) is 0 Å². The topological polar surface area (TPSA) is 82.4 Å². The summed E-state index contributed by atoms with van der Waals surface area (Å²) in [7, 11) is -1.82. The Labute approximate surface area is 213 Å². The van der Waals surface area contributed by atoms with E-state index in [1.807, 2.05) is 24.3 Å². The van der Waals surface area contributed by atoms with Crippen molar-refractivity contribution < 1.29 is 22.7 Å². The average molecular weight is 518 g/mol. The molecule has 196 valence electrons. The molecule has 0 radical (unpaired) electrons. The lowest BCUT2D eigenvalue weighted by Gasteiger charge is -2.38. The first-order chi connectivity index (χ1) is 17.1. The van der Waals surface area contributed by atoms with Crippen molar-refractivity contribution in [3.63, 3.8) is 0 Å². The maximum Gasteiger partial charge on any atom is 0.267 e. The highest BCUT2D eigenvalue weighted by atomic mass is 32.2. The van der Waals surface area contributed by atoms with Crippen LogP contribution in [0.4, 0.5) is 4.39 Å². The Kier molecular flexibility index (Phi) is 8.14. The van der Waals surface area contributed by atoms with E-state index in [2.05, 4.69) is 21.2 Å². The maximum absolute atomic E-state index is 14.4. The van der Waals surface area contributed by atoms with Gasteiger partial charge in [-0.2, -0.15) is 0 Å². The predicted octanol–water partition coefficient (Wildman–Crippen LogP) is 3.71. The molecule has 7 nitrogen and oxygen atoms in total. The number of aliphatic hydroxyl groups is 1. The molecule has 0 amide bonds. The molecule has 2 heterocycles. The normalized spacial score (nSPS) is 23.0. The number of ether oxygens (including phenoxy) is 1. The quantitative estimate of drug-likeness (QED) is 0.575. The molecule has 1 saturated heterocycles. The van der Waals surface area contributed by atoms with Crippen LogP contribution in [-0.4, -0.2) is 74.7 Å². The van der Waals surface area contributed by atoms with E-state index in [1.54, 1.807) is 32.0 Å². The first-order valence-electron chi connectivity index (χ1n) is 12.5. The van der Waals surface area contributed by atoms with Gasteiger partial charge in [-0.15, -0.1) is 4.40 Å². The predicted molar refractivity (Wildman–Crippen MR) is 139 cm³/mol. The molecule has 36 heavy (non-hydrogen) atoms. The zero-order chi connectivity index (χ0) is 25.9. The van der Waals surface area contributed by atoms with E-state index in [1.165, 1.54) is 6.07 Å². The molecule has 2 aliphatic heterocycles. The molecule has 1 fully saturated rings. The number of sulfonamides is 1. The van der Waals surface area contributed by atoms with Gasteiger partial charge < -0.3 is 14.7 Å². The number of nitrogens with zero attached hydrogens (tertiary/aromatic N) is 3. The fraction of sp³-hybridized carbons (Fsp3) is 0.519. The smallest absolute Gasteiger partial charge is 0.267 e. The summed E-state index contributed by atoms with van der Waals surface area (Å²) in [4.78, 5) is 4.71. The molecular weight excluding hydrogens is 481 g/mol. The van der Waals surface area contributed by atoms with Gasteiger partial charge in [0.25, 0.3) is 10.0 Å². The van der Waals surface area contributed by atoms with E-state index in [-0.39, 0.29) is 25.3 Å². The molecule has 4 rings (SSSR count). The summed E-state index contributed by atoms with van der Waals surface area (Å²) in [5, 5.41) is 8.56. The van der Waals surface area contributed by atoms with Crippen LogP contribution in [0, 0.1) is 5.82 Å². The van der Waals surface area contributed by atoms with Crippen molar-refractivity contribution in [1.82, 2.24) is 9.80 Å². The maximum atomic E-state index is 14.4. The molecule has 1 N–H and O–H groups in total. The molecule has 1 unspecified atom stereocenters. The number of aliphatic hydroxyl groups excluding tert-OH is 1. The minimum atomic E-state index is -3.94. The van der Waals surface area contributed by atoms with Crippen LogP contribution in [0.1, 0.15) is 54.5 Å². The highest BCUT2D eigenvalue weighted by Crippen LogP contribution is 2.42. The molecule has 9 heteroatoms. The van der Waals surface area contributed by atoms with Crippen molar-refractivity contribution >= 4 is 15.9 Å². The first kappa shape index (κ1) is 26.7. The molecule has 2 aromatic rings. The molecule has 0 saturated carbocycles. The SMILES string of the molecule is CN1CCN(Cc2ccc(C3C(C)(C)OC(C[C@@H](CCO)c4ccccc4F)=NS3(=O)=O)cc2)CC1. The number of piperazine rings is 1. The minimum Gasteiger partial charge on any atom is -0.472 e. The lowest BCUT2D eigenvalue weighted by atomic mass is 9.91. The molecule has 2 aliphatic rings. The summed E-state index contributed by atoms with van der Waals surface area (Å²) in [5.74, 6) is -0.806. The third-order valence-corrected chi connectivity index (χ3v) is 8.96. The van der Waals surface area contributed by atoms with E-state index in [0.717, 1.165) is 38.3 Å². The number of benzene rings is 2. The van der Waals surface area contributed by atoms with Crippen LogP contribution in [0.15, 0.2) is 52.9 Å². The van der Waals surface area contributed by atoms with Gasteiger partial charge in [-0.1, -0.05) is 42.5 Å². The van der Waals surface area contributed by atoms with E-state index in [9.17, 15) is 17.9 Å². The summed E-state index contributed by atoms with van der Waals surface area (Å²) < 4.78 is 51.3. The van der Waals surface area contributed by atoms with Gasteiger partial charge in [0.2, 0.25) is 5.90 Å². The monoisotopic (exact) mass is 517 g/mol. The summed E-state index contributed by atoms with van der Waals surface area (Å²) in [6.07, 6.45) is 0.350. The summed E-state index contributed by atoms with van der Waals surface area (Å²) >= 11 is 0. The third kappa shape index (κ3) is 6.14. The molecule has 0 bridgehead atoms. The van der Waals surface area contributed by atoms with Gasteiger partial charge in [0, 0.05) is 45.8 Å². The van der Waals surface area contributed by atoms with Gasteiger partial charge >= 0.3 is 0 Å². The molecule has 0 spiro atoms. The summed E-state index contributed by atoms with van der Waals surface area (Å²) in [6.45, 7) is 8.26. The number of halogens is 1. The minimum absolute atomic E-state index is 0.0460. The lowest BCUT2D eigenvalue weighted by molar-refractivity contribution is 0.0797. The van der Waals surface area contributed by atoms with Crippen LogP contribution in [0.25, 0.3) is 0 Å². The van der Waals surface area contributed by atoms with Crippen LogP contribution in [0.5, 0.6) is 0 Å². The first-order valence-corrected chi connectivity index (χ1v) is 14.0. The Morgan fingerprint density at radius 3 is 2.39 bits per heavy atom. The molecule has 2 aromatic carbocycles. The van der Waals surface area contributed by atoms with E-state index >= 15 is 0 Å². The molecule has 0 aliphatic carbocycles. The van der Waals surface area contributed by atoms with Gasteiger partial charge in [-0.3, -0.25) is 4.90 Å². The van der Waals surface area contributed by atoms with Gasteiger partial charge in [-0.05, 0) is 56.0 Å². The molecule has 0 aromatic heterocycles. The van der Waals surface area contributed by atoms with E-state index in [0.29, 0.717) is 11.1 Å². The van der Waals surface area contributed by atoms with E-state index < -0.39 is 32.6 Å². The van der Waals surface area contributed by atoms with Gasteiger partial charge in [0.15, 0.2) is 0 Å². The van der Waals surface area contributed by atoms with Gasteiger partial charge in [-0.25, -0.2) is 12.8 Å². The number of rotatable bonds is 8. The summed E-state index contributed by atoms with van der Waals surface area (Å²) in [6, 6.07) is 14.0. The van der Waals surface area contributed by atoms with Crippen molar-refractivity contribution in [2.24, 2.45) is 4.40 Å². The second-order valence-corrected chi connectivity index (χ2v) is 12.0. The fourth-order valence-corrected chi connectivity index (χ4v) is 6.95. The highest BCUT2D eigenvalue weighted by molar-refractivity contribution is 7.90. The van der Waals surface area contributed by atoms with E-state index in [4.69, 9.17) is 4.74 Å². The largest absolute Gasteiger partial charge is 0.472 e. The zero-order valence-electron chi connectivity index (χ0n) is 21.2. The van der Waals surface area contributed by atoms with Crippen LogP contribution >= 0.6 is 0 Å². The van der Waals surface area contributed by atoms with Crippen molar-refractivity contribution in [3.8, 4) is 0 Å². The Hall–Kier alpha value is -2.33. The van der Waals surface area contributed by atoms with Crippen molar-refractivity contribution in [2.45, 2.75) is 50.0 Å². The third-order valence-electron chi connectivity index (χ3n) is 7.07. The summed E-state index contributed by atoms with van der Waals surface area (Å²) in [5.41, 5.74) is 1.10. The Morgan fingerprint density at radius 2 is 1.78 bits per heavy atom. The van der Waals surface area contributed by atoms with Crippen LogP contribution < -0.4 is 0 Å². The van der Waals surface area contributed by atoms with Crippen LogP contribution in [0.3, 0.4) is 0 Å².